The summed E-state index contributed by atoms with van der Waals surface area (Å²) in [6.45, 7) is 1.94. The molecule has 0 fully saturated rings. The van der Waals surface area contributed by atoms with Crippen LogP contribution in [0.1, 0.15) is 18.5 Å². The summed E-state index contributed by atoms with van der Waals surface area (Å²) >= 11 is 0. The van der Waals surface area contributed by atoms with Crippen LogP contribution in [-0.4, -0.2) is 9.55 Å². The quantitative estimate of drug-likeness (QED) is 0.775. The van der Waals surface area contributed by atoms with Gasteiger partial charge in [-0.3, -0.25) is 0 Å². The molecule has 102 valence electrons. The van der Waals surface area contributed by atoms with Crippen LogP contribution in [0, 0.1) is 5.82 Å². The highest BCUT2D eigenvalue weighted by molar-refractivity contribution is 5.81. The summed E-state index contributed by atoms with van der Waals surface area (Å²) in [7, 11) is 1.89. The zero-order valence-electron chi connectivity index (χ0n) is 11.5. The van der Waals surface area contributed by atoms with Crippen molar-refractivity contribution >= 4 is 11.0 Å². The third-order valence-electron chi connectivity index (χ3n) is 3.55. The molecule has 0 spiro atoms. The number of aryl methyl sites for hydroxylation is 1. The second-order valence-electron chi connectivity index (χ2n) is 5.01. The molecule has 1 atom stereocenters. The van der Waals surface area contributed by atoms with Crippen LogP contribution in [0.5, 0.6) is 0 Å². The molecule has 2 N–H and O–H groups in total. The Morgan fingerprint density at radius 3 is 2.65 bits per heavy atom. The minimum atomic E-state index is -0.265. The molecule has 1 heterocycles. The zero-order chi connectivity index (χ0) is 14.3. The first-order valence-electron chi connectivity index (χ1n) is 6.55. The average molecular weight is 269 g/mol. The monoisotopic (exact) mass is 269 g/mol. The largest absolute Gasteiger partial charge is 0.327 e. The highest BCUT2D eigenvalue weighted by atomic mass is 19.1. The van der Waals surface area contributed by atoms with Crippen LogP contribution in [-0.2, 0) is 7.05 Å². The minimum Gasteiger partial charge on any atom is -0.327 e. The molecule has 20 heavy (non-hydrogen) atoms. The van der Waals surface area contributed by atoms with Crippen molar-refractivity contribution in [3.8, 4) is 11.4 Å². The summed E-state index contributed by atoms with van der Waals surface area (Å²) in [5.41, 5.74) is 9.26. The van der Waals surface area contributed by atoms with Crippen molar-refractivity contribution in [3.63, 3.8) is 0 Å². The van der Waals surface area contributed by atoms with Crippen molar-refractivity contribution in [3.05, 3.63) is 53.8 Å². The first-order valence-corrected chi connectivity index (χ1v) is 6.55. The zero-order valence-corrected chi connectivity index (χ0v) is 11.5. The third kappa shape index (κ3) is 1.98. The lowest BCUT2D eigenvalue weighted by atomic mass is 10.1. The molecule has 0 saturated heterocycles. The summed E-state index contributed by atoms with van der Waals surface area (Å²) < 4.78 is 15.8. The lowest BCUT2D eigenvalue weighted by Gasteiger charge is -2.06. The van der Waals surface area contributed by atoms with E-state index in [4.69, 9.17) is 5.73 Å². The van der Waals surface area contributed by atoms with Crippen molar-refractivity contribution in [1.82, 2.24) is 9.55 Å². The number of fused-ring (bicyclic) bond motifs is 1. The number of nitrogens with two attached hydrogens (primary N) is 1. The molecule has 1 aromatic heterocycles. The molecule has 0 amide bonds. The molecule has 1 unspecified atom stereocenters. The van der Waals surface area contributed by atoms with Crippen LogP contribution in [0.25, 0.3) is 22.4 Å². The predicted octanol–water partition coefficient (Wildman–Crippen LogP) is 3.40. The first kappa shape index (κ1) is 12.8. The van der Waals surface area contributed by atoms with Gasteiger partial charge in [0.1, 0.15) is 11.6 Å². The predicted molar refractivity (Wildman–Crippen MR) is 78.7 cm³/mol. The van der Waals surface area contributed by atoms with E-state index in [1.165, 1.54) is 6.07 Å². The van der Waals surface area contributed by atoms with Crippen LogP contribution in [0.15, 0.2) is 42.5 Å². The maximum Gasteiger partial charge on any atom is 0.143 e. The van der Waals surface area contributed by atoms with Gasteiger partial charge < -0.3 is 10.3 Å². The van der Waals surface area contributed by atoms with E-state index in [0.717, 1.165) is 16.6 Å². The Morgan fingerprint density at radius 1 is 1.20 bits per heavy atom. The molecule has 0 aliphatic heterocycles. The van der Waals surface area contributed by atoms with Gasteiger partial charge in [0.05, 0.1) is 16.6 Å². The van der Waals surface area contributed by atoms with Gasteiger partial charge >= 0.3 is 0 Å². The number of halogens is 1. The van der Waals surface area contributed by atoms with E-state index in [2.05, 4.69) is 4.98 Å². The standard InChI is InChI=1S/C16H16FN3/c1-10(18)11-7-8-14-15(9-11)20(2)16(19-14)12-5-3-4-6-13(12)17/h3-10H,18H2,1-2H3. The summed E-state index contributed by atoms with van der Waals surface area (Å²) in [5, 5.41) is 0. The van der Waals surface area contributed by atoms with E-state index in [1.54, 1.807) is 12.1 Å². The van der Waals surface area contributed by atoms with Crippen molar-refractivity contribution in [2.75, 3.05) is 0 Å². The number of hydrogen-bond donors (Lipinski definition) is 1. The molecule has 4 heteroatoms. The molecular formula is C16H16FN3. The highest BCUT2D eigenvalue weighted by Gasteiger charge is 2.14. The number of aromatic nitrogens is 2. The molecule has 2 aromatic carbocycles. The minimum absolute atomic E-state index is 0.0359. The van der Waals surface area contributed by atoms with Gasteiger partial charge in [-0.25, -0.2) is 9.37 Å². The van der Waals surface area contributed by atoms with E-state index in [1.807, 2.05) is 42.8 Å². The molecule has 0 saturated carbocycles. The number of imidazole rings is 1. The van der Waals surface area contributed by atoms with Gasteiger partial charge in [-0.1, -0.05) is 18.2 Å². The first-order chi connectivity index (χ1) is 9.58. The Balaban J connectivity index is 2.24. The van der Waals surface area contributed by atoms with Gasteiger partial charge in [0.15, 0.2) is 0 Å². The topological polar surface area (TPSA) is 43.8 Å². The summed E-state index contributed by atoms with van der Waals surface area (Å²) in [5.74, 6) is 0.359. The van der Waals surface area contributed by atoms with Gasteiger partial charge in [0.2, 0.25) is 0 Å². The van der Waals surface area contributed by atoms with Gasteiger partial charge in [0.25, 0.3) is 0 Å². The molecule has 0 aliphatic carbocycles. The van der Waals surface area contributed by atoms with Crippen LogP contribution >= 0.6 is 0 Å². The second-order valence-corrected chi connectivity index (χ2v) is 5.01. The Labute approximate surface area is 116 Å². The van der Waals surface area contributed by atoms with Gasteiger partial charge in [-0.15, -0.1) is 0 Å². The summed E-state index contributed by atoms with van der Waals surface area (Å²) in [4.78, 5) is 4.53. The number of rotatable bonds is 2. The fraction of sp³-hybridized carbons (Fsp3) is 0.188. The maximum atomic E-state index is 13.9. The highest BCUT2D eigenvalue weighted by Crippen LogP contribution is 2.27. The van der Waals surface area contributed by atoms with E-state index in [-0.39, 0.29) is 11.9 Å². The second kappa shape index (κ2) is 4.72. The fourth-order valence-corrected chi connectivity index (χ4v) is 2.37. The molecule has 0 radical (unpaired) electrons. The van der Waals surface area contributed by atoms with Crippen molar-refractivity contribution in [2.24, 2.45) is 12.8 Å². The van der Waals surface area contributed by atoms with Crippen LogP contribution in [0.2, 0.25) is 0 Å². The van der Waals surface area contributed by atoms with E-state index >= 15 is 0 Å². The Kier molecular flexibility index (Phi) is 3.03. The maximum absolute atomic E-state index is 13.9. The van der Waals surface area contributed by atoms with Gasteiger partial charge in [-0.2, -0.15) is 0 Å². The van der Waals surface area contributed by atoms with E-state index < -0.39 is 0 Å². The third-order valence-corrected chi connectivity index (χ3v) is 3.55. The lowest BCUT2D eigenvalue weighted by Crippen LogP contribution is -2.04. The smallest absolute Gasteiger partial charge is 0.143 e. The summed E-state index contributed by atoms with van der Waals surface area (Å²) in [6.07, 6.45) is 0. The molecule has 3 rings (SSSR count). The van der Waals surface area contributed by atoms with Crippen molar-refractivity contribution in [1.29, 1.82) is 0 Å². The summed E-state index contributed by atoms with van der Waals surface area (Å²) in [6, 6.07) is 12.5. The molecule has 0 aliphatic rings. The normalized spacial score (nSPS) is 12.8. The number of nitrogens with zero attached hydrogens (tertiary/aromatic N) is 2. The molecule has 0 bridgehead atoms. The van der Waals surface area contributed by atoms with Crippen molar-refractivity contribution in [2.45, 2.75) is 13.0 Å². The van der Waals surface area contributed by atoms with Crippen molar-refractivity contribution < 1.29 is 4.39 Å². The lowest BCUT2D eigenvalue weighted by molar-refractivity contribution is 0.629. The number of hydrogen-bond acceptors (Lipinski definition) is 2. The Hall–Kier alpha value is -2.20. The molecule has 3 aromatic rings. The fourth-order valence-electron chi connectivity index (χ4n) is 2.37. The van der Waals surface area contributed by atoms with Crippen LogP contribution in [0.3, 0.4) is 0 Å². The molecule has 3 nitrogen and oxygen atoms in total. The van der Waals surface area contributed by atoms with Crippen LogP contribution in [0.4, 0.5) is 4.39 Å². The number of benzene rings is 2. The van der Waals surface area contributed by atoms with E-state index in [9.17, 15) is 4.39 Å². The van der Waals surface area contributed by atoms with Crippen LogP contribution < -0.4 is 5.73 Å². The Morgan fingerprint density at radius 2 is 1.95 bits per heavy atom. The molecular weight excluding hydrogens is 253 g/mol. The van der Waals surface area contributed by atoms with E-state index in [0.29, 0.717) is 11.4 Å². The SMILES string of the molecule is CC(N)c1ccc2nc(-c3ccccc3F)n(C)c2c1. The van der Waals surface area contributed by atoms with Gasteiger partial charge in [-0.05, 0) is 36.8 Å². The van der Waals surface area contributed by atoms with Gasteiger partial charge in [0, 0.05) is 13.1 Å². The Bertz CT molecular complexity index is 774. The average Bonchev–Trinajstić information content (AvgIpc) is 2.76.